The topological polar surface area (TPSA) is 46.1 Å². The van der Waals surface area contributed by atoms with E-state index in [-0.39, 0.29) is 25.0 Å². The molecule has 0 aliphatic carbocycles. The molecule has 1 fully saturated rings. The van der Waals surface area contributed by atoms with Gasteiger partial charge in [-0.1, -0.05) is 26.0 Å². The van der Waals surface area contributed by atoms with Crippen LogP contribution >= 0.6 is 11.3 Å². The molecule has 0 N–H and O–H groups in total. The van der Waals surface area contributed by atoms with Gasteiger partial charge in [0.2, 0.25) is 0 Å². The zero-order chi connectivity index (χ0) is 20.4. The van der Waals surface area contributed by atoms with Crippen molar-refractivity contribution in [2.45, 2.75) is 38.8 Å². The number of alkyl halides is 1. The summed E-state index contributed by atoms with van der Waals surface area (Å²) in [4.78, 5) is 24.7. The third kappa shape index (κ3) is 4.54. The van der Waals surface area contributed by atoms with Gasteiger partial charge in [-0.3, -0.25) is 14.8 Å². The molecule has 2 aromatic heterocycles. The monoisotopic (exact) mass is 411 g/mol. The molecule has 4 nitrogen and oxygen atoms in total. The number of aromatic nitrogens is 2. The number of pyridine rings is 1. The predicted molar refractivity (Wildman–Crippen MR) is 116 cm³/mol. The summed E-state index contributed by atoms with van der Waals surface area (Å²) >= 11 is 1.59. The van der Waals surface area contributed by atoms with Crippen molar-refractivity contribution in [2.24, 2.45) is 5.92 Å². The van der Waals surface area contributed by atoms with Gasteiger partial charge < -0.3 is 4.90 Å². The molecule has 3 aromatic rings. The smallest absolute Gasteiger partial charge is 0.175 e. The zero-order valence-corrected chi connectivity index (χ0v) is 17.7. The molecule has 1 saturated heterocycles. The SMILES string of the molecule is CC(C)CN1CCC(F)(C(=O)Cc2cc3cc(-c4cncs4)ccc3cn2)CC1. The third-order valence-corrected chi connectivity index (χ3v) is 6.43. The standard InChI is InChI=1S/C23H26FN3OS/c1-16(2)14-27-7-5-23(24,6-8-27)22(28)11-20-10-19-9-17(21-13-25-15-29-21)3-4-18(19)12-26-20/h3-4,9-10,12-13,15-16H,5-8,11,14H2,1-2H3. The van der Waals surface area contributed by atoms with Gasteiger partial charge in [-0.05, 0) is 29.0 Å². The fourth-order valence-corrected chi connectivity index (χ4v) is 4.62. The van der Waals surface area contributed by atoms with Crippen molar-refractivity contribution in [1.82, 2.24) is 14.9 Å². The number of thiazole rings is 1. The van der Waals surface area contributed by atoms with Crippen LogP contribution in [0.1, 0.15) is 32.4 Å². The Hall–Kier alpha value is -2.18. The van der Waals surface area contributed by atoms with E-state index in [1.54, 1.807) is 17.5 Å². The van der Waals surface area contributed by atoms with Crippen molar-refractivity contribution in [2.75, 3.05) is 19.6 Å². The quantitative estimate of drug-likeness (QED) is 0.577. The van der Waals surface area contributed by atoms with Crippen molar-refractivity contribution in [3.63, 3.8) is 0 Å². The molecule has 152 valence electrons. The number of carbonyl (C=O) groups excluding carboxylic acids is 1. The Kier molecular flexibility index (Phi) is 5.74. The predicted octanol–water partition coefficient (Wildman–Crippen LogP) is 4.93. The lowest BCUT2D eigenvalue weighted by Gasteiger charge is -2.36. The molecule has 29 heavy (non-hydrogen) atoms. The molecule has 0 unspecified atom stereocenters. The summed E-state index contributed by atoms with van der Waals surface area (Å²) in [6, 6.07) is 8.05. The van der Waals surface area contributed by atoms with Crippen LogP contribution in [0.2, 0.25) is 0 Å². The molecule has 0 amide bonds. The summed E-state index contributed by atoms with van der Waals surface area (Å²) in [7, 11) is 0. The molecule has 0 atom stereocenters. The maximum absolute atomic E-state index is 15.3. The highest BCUT2D eigenvalue weighted by Crippen LogP contribution is 2.30. The van der Waals surface area contributed by atoms with E-state index in [1.165, 1.54) is 0 Å². The number of fused-ring (bicyclic) bond motifs is 1. The van der Waals surface area contributed by atoms with Crippen LogP contribution in [0.4, 0.5) is 4.39 Å². The molecule has 0 bridgehead atoms. The average molecular weight is 412 g/mol. The van der Waals surface area contributed by atoms with Gasteiger partial charge in [0.25, 0.3) is 0 Å². The lowest BCUT2D eigenvalue weighted by Crippen LogP contribution is -2.47. The number of hydrogen-bond donors (Lipinski definition) is 0. The molecular weight excluding hydrogens is 385 g/mol. The number of hydrogen-bond acceptors (Lipinski definition) is 5. The van der Waals surface area contributed by atoms with E-state index >= 15 is 4.39 Å². The van der Waals surface area contributed by atoms with Gasteiger partial charge >= 0.3 is 0 Å². The molecule has 6 heteroatoms. The Labute approximate surface area is 174 Å². The number of benzene rings is 1. The average Bonchev–Trinajstić information content (AvgIpc) is 3.24. The Bertz CT molecular complexity index is 995. The summed E-state index contributed by atoms with van der Waals surface area (Å²) in [5.41, 5.74) is 1.80. The summed E-state index contributed by atoms with van der Waals surface area (Å²) in [6.45, 7) is 6.56. The maximum atomic E-state index is 15.3. The molecule has 4 rings (SSSR count). The molecule has 1 aromatic carbocycles. The van der Waals surface area contributed by atoms with Crippen LogP contribution in [-0.4, -0.2) is 46.0 Å². The number of carbonyl (C=O) groups is 1. The number of rotatable bonds is 6. The number of halogens is 1. The van der Waals surface area contributed by atoms with E-state index in [1.807, 2.05) is 29.9 Å². The van der Waals surface area contributed by atoms with E-state index in [0.29, 0.717) is 24.7 Å². The molecular formula is C23H26FN3OS. The first kappa shape index (κ1) is 20.1. The van der Waals surface area contributed by atoms with Crippen LogP contribution < -0.4 is 0 Å². The lowest BCUT2D eigenvalue weighted by molar-refractivity contribution is -0.133. The minimum atomic E-state index is -1.73. The van der Waals surface area contributed by atoms with Gasteiger partial charge in [0.05, 0.1) is 16.8 Å². The van der Waals surface area contributed by atoms with E-state index in [9.17, 15) is 4.79 Å². The molecule has 0 radical (unpaired) electrons. The van der Waals surface area contributed by atoms with Gasteiger partial charge in [-0.25, -0.2) is 4.39 Å². The van der Waals surface area contributed by atoms with Crippen molar-refractivity contribution >= 4 is 27.9 Å². The zero-order valence-electron chi connectivity index (χ0n) is 16.9. The highest BCUT2D eigenvalue weighted by Gasteiger charge is 2.41. The van der Waals surface area contributed by atoms with E-state index in [2.05, 4.69) is 34.8 Å². The van der Waals surface area contributed by atoms with Gasteiger partial charge in [0.1, 0.15) is 0 Å². The minimum Gasteiger partial charge on any atom is -0.303 e. The number of nitrogens with zero attached hydrogens (tertiary/aromatic N) is 3. The van der Waals surface area contributed by atoms with Gasteiger partial charge in [-0.15, -0.1) is 11.3 Å². The Morgan fingerprint density at radius 3 is 2.69 bits per heavy atom. The summed E-state index contributed by atoms with van der Waals surface area (Å²) in [5, 5.41) is 2.01. The first-order valence-corrected chi connectivity index (χ1v) is 11.0. The van der Waals surface area contributed by atoms with E-state index < -0.39 is 5.67 Å². The highest BCUT2D eigenvalue weighted by atomic mass is 32.1. The van der Waals surface area contributed by atoms with Crippen molar-refractivity contribution in [3.8, 4) is 10.4 Å². The van der Waals surface area contributed by atoms with E-state index in [0.717, 1.165) is 27.8 Å². The highest BCUT2D eigenvalue weighted by molar-refractivity contribution is 7.13. The Morgan fingerprint density at radius 2 is 2.00 bits per heavy atom. The second-order valence-electron chi connectivity index (χ2n) is 8.36. The fourth-order valence-electron chi connectivity index (χ4n) is 4.00. The van der Waals surface area contributed by atoms with Gasteiger partial charge in [-0.2, -0.15) is 0 Å². The van der Waals surface area contributed by atoms with Crippen molar-refractivity contribution < 1.29 is 9.18 Å². The second-order valence-corrected chi connectivity index (χ2v) is 9.25. The van der Waals surface area contributed by atoms with Crippen LogP contribution in [-0.2, 0) is 11.2 Å². The Balaban J connectivity index is 1.48. The van der Waals surface area contributed by atoms with E-state index in [4.69, 9.17) is 0 Å². The van der Waals surface area contributed by atoms with Crippen molar-refractivity contribution in [3.05, 3.63) is 47.9 Å². The summed E-state index contributed by atoms with van der Waals surface area (Å²) in [5.74, 6) is 0.210. The maximum Gasteiger partial charge on any atom is 0.175 e. The number of Topliss-reactive ketones (excluding diaryl/α,β-unsaturated/α-hetero) is 1. The number of likely N-dealkylation sites (tertiary alicyclic amines) is 1. The molecule has 1 aliphatic rings. The first-order chi connectivity index (χ1) is 13.9. The summed E-state index contributed by atoms with van der Waals surface area (Å²) in [6.07, 6.45) is 4.21. The van der Waals surface area contributed by atoms with Crippen molar-refractivity contribution in [1.29, 1.82) is 0 Å². The molecule has 3 heterocycles. The number of piperidine rings is 1. The number of ketones is 1. The third-order valence-electron chi connectivity index (χ3n) is 5.61. The van der Waals surface area contributed by atoms with Crippen LogP contribution in [0.5, 0.6) is 0 Å². The largest absolute Gasteiger partial charge is 0.303 e. The second kappa shape index (κ2) is 8.28. The Morgan fingerprint density at radius 1 is 1.21 bits per heavy atom. The molecule has 0 saturated carbocycles. The summed E-state index contributed by atoms with van der Waals surface area (Å²) < 4.78 is 15.3. The lowest BCUT2D eigenvalue weighted by atomic mass is 9.86. The normalized spacial score (nSPS) is 17.1. The fraction of sp³-hybridized carbons (Fsp3) is 0.435. The first-order valence-electron chi connectivity index (χ1n) is 10.1. The van der Waals surface area contributed by atoms with Crippen LogP contribution in [0.15, 0.2) is 42.2 Å². The van der Waals surface area contributed by atoms with Crippen LogP contribution in [0.3, 0.4) is 0 Å². The van der Waals surface area contributed by atoms with Gasteiger partial charge in [0, 0.05) is 55.9 Å². The van der Waals surface area contributed by atoms with Gasteiger partial charge in [0.15, 0.2) is 11.5 Å². The molecule has 0 spiro atoms. The van der Waals surface area contributed by atoms with Crippen LogP contribution in [0, 0.1) is 5.92 Å². The van der Waals surface area contributed by atoms with Crippen LogP contribution in [0.25, 0.3) is 21.2 Å². The molecule has 1 aliphatic heterocycles. The minimum absolute atomic E-state index is 0.0431.